The first-order valence-corrected chi connectivity index (χ1v) is 11.4. The second-order valence-electron chi connectivity index (χ2n) is 7.04. The van der Waals surface area contributed by atoms with Crippen LogP contribution in [0.1, 0.15) is 46.0 Å². The molecule has 0 aromatic rings. The number of hydrogen-bond acceptors (Lipinski definition) is 4. The Hall–Kier alpha value is -0.130. The Morgan fingerprint density at radius 3 is 2.54 bits per heavy atom. The average molecular weight is 501 g/mol. The summed E-state index contributed by atoms with van der Waals surface area (Å²) in [6.45, 7) is 8.91. The van der Waals surface area contributed by atoms with Gasteiger partial charge in [-0.05, 0) is 51.6 Å². The maximum Gasteiger partial charge on any atom is 0.213 e. The van der Waals surface area contributed by atoms with E-state index >= 15 is 0 Å². The summed E-state index contributed by atoms with van der Waals surface area (Å²) in [6.07, 6.45) is 5.95. The van der Waals surface area contributed by atoms with Crippen molar-refractivity contribution < 1.29 is 8.42 Å². The molecule has 1 unspecified atom stereocenters. The van der Waals surface area contributed by atoms with Crippen molar-refractivity contribution in [1.29, 1.82) is 0 Å². The molecule has 2 fully saturated rings. The van der Waals surface area contributed by atoms with E-state index in [0.29, 0.717) is 31.0 Å². The highest BCUT2D eigenvalue weighted by molar-refractivity contribution is 14.0. The summed E-state index contributed by atoms with van der Waals surface area (Å²) in [5.41, 5.74) is 0. The molecule has 2 rings (SSSR count). The van der Waals surface area contributed by atoms with Crippen molar-refractivity contribution in [2.75, 3.05) is 45.0 Å². The fourth-order valence-electron chi connectivity index (χ4n) is 3.37. The number of guanidine groups is 1. The predicted octanol–water partition coefficient (Wildman–Crippen LogP) is 1.36. The van der Waals surface area contributed by atoms with Crippen LogP contribution in [0.25, 0.3) is 0 Å². The smallest absolute Gasteiger partial charge is 0.213 e. The molecular weight excluding hydrogens is 465 g/mol. The summed E-state index contributed by atoms with van der Waals surface area (Å²) in [5.74, 6) is 1.32. The molecule has 1 saturated carbocycles. The van der Waals surface area contributed by atoms with Crippen LogP contribution < -0.4 is 15.4 Å². The van der Waals surface area contributed by atoms with Crippen LogP contribution in [-0.2, 0) is 10.0 Å². The van der Waals surface area contributed by atoms with Crippen LogP contribution in [-0.4, -0.2) is 70.3 Å². The second kappa shape index (κ2) is 12.4. The largest absolute Gasteiger partial charge is 0.357 e. The number of halogens is 1. The molecule has 1 aliphatic heterocycles. The van der Waals surface area contributed by atoms with E-state index in [-0.39, 0.29) is 29.7 Å². The molecule has 7 nitrogen and oxygen atoms in total. The lowest BCUT2D eigenvalue weighted by Gasteiger charge is -2.25. The molecule has 1 heterocycles. The van der Waals surface area contributed by atoms with E-state index in [1.807, 2.05) is 6.92 Å². The van der Waals surface area contributed by atoms with Crippen molar-refractivity contribution >= 4 is 40.0 Å². The van der Waals surface area contributed by atoms with Gasteiger partial charge in [-0.1, -0.05) is 13.3 Å². The van der Waals surface area contributed by atoms with Crippen molar-refractivity contribution in [3.8, 4) is 0 Å². The molecule has 2 aliphatic rings. The molecule has 0 amide bonds. The van der Waals surface area contributed by atoms with E-state index in [2.05, 4.69) is 32.2 Å². The third kappa shape index (κ3) is 8.26. The number of sulfonamides is 1. The van der Waals surface area contributed by atoms with E-state index < -0.39 is 10.0 Å². The van der Waals surface area contributed by atoms with Crippen LogP contribution in [0.2, 0.25) is 0 Å². The van der Waals surface area contributed by atoms with E-state index in [4.69, 9.17) is 0 Å². The number of likely N-dealkylation sites (N-methyl/N-ethyl adjacent to an activating group) is 1. The summed E-state index contributed by atoms with van der Waals surface area (Å²) in [5, 5.41) is 6.35. The lowest BCUT2D eigenvalue weighted by Crippen LogP contribution is -2.42. The van der Waals surface area contributed by atoms with Gasteiger partial charge in [-0.25, -0.2) is 13.1 Å². The van der Waals surface area contributed by atoms with Gasteiger partial charge >= 0.3 is 0 Å². The monoisotopic (exact) mass is 501 g/mol. The molecular formula is C17H36IN5O2S. The first-order valence-electron chi connectivity index (χ1n) is 9.77. The van der Waals surface area contributed by atoms with Gasteiger partial charge < -0.3 is 10.6 Å². The standard InChI is InChI=1S/C17H35N5O2S.HI/c1-3-18-17(20-14-16-9-6-11-22(16)4-2)19-10-12-25(23,24)21-13-15-7-5-8-15;/h15-16,21H,3-14H2,1-2H3,(H2,18,19,20);1H. The number of nitrogens with zero attached hydrogens (tertiary/aromatic N) is 2. The first-order chi connectivity index (χ1) is 12.0. The molecule has 0 aromatic carbocycles. The van der Waals surface area contributed by atoms with Crippen LogP contribution in [0.4, 0.5) is 0 Å². The third-order valence-electron chi connectivity index (χ3n) is 5.19. The Bertz CT molecular complexity index is 525. The number of likely N-dealkylation sites (tertiary alicyclic amines) is 1. The lowest BCUT2D eigenvalue weighted by atomic mass is 9.86. The SMILES string of the molecule is CCNC(=NCC1CCCN1CC)NCCS(=O)(=O)NCC1CCC1.I. The first kappa shape index (κ1) is 23.9. The maximum absolute atomic E-state index is 12.0. The van der Waals surface area contributed by atoms with E-state index in [1.165, 1.54) is 19.3 Å². The Morgan fingerprint density at radius 1 is 1.15 bits per heavy atom. The zero-order chi connectivity index (χ0) is 18.1. The third-order valence-corrected chi connectivity index (χ3v) is 6.54. The zero-order valence-corrected chi connectivity index (χ0v) is 19.3. The van der Waals surface area contributed by atoms with Gasteiger partial charge in [0, 0.05) is 25.7 Å². The molecule has 9 heteroatoms. The summed E-state index contributed by atoms with van der Waals surface area (Å²) >= 11 is 0. The predicted molar refractivity (Wildman–Crippen MR) is 119 cm³/mol. The van der Waals surface area contributed by atoms with Gasteiger partial charge in [0.25, 0.3) is 0 Å². The van der Waals surface area contributed by atoms with E-state index in [9.17, 15) is 8.42 Å². The fourth-order valence-corrected chi connectivity index (χ4v) is 4.38. The minimum absolute atomic E-state index is 0. The maximum atomic E-state index is 12.0. The Kier molecular flexibility index (Phi) is 11.4. The zero-order valence-electron chi connectivity index (χ0n) is 16.2. The molecule has 3 N–H and O–H groups in total. The minimum Gasteiger partial charge on any atom is -0.357 e. The molecule has 0 spiro atoms. The number of hydrogen-bond donors (Lipinski definition) is 3. The number of rotatable bonds is 10. The quantitative estimate of drug-likeness (QED) is 0.239. The van der Waals surface area contributed by atoms with Crippen LogP contribution in [0.15, 0.2) is 4.99 Å². The minimum atomic E-state index is -3.21. The van der Waals surface area contributed by atoms with Crippen LogP contribution >= 0.6 is 24.0 Å². The molecule has 26 heavy (non-hydrogen) atoms. The molecule has 154 valence electrons. The van der Waals surface area contributed by atoms with Gasteiger partial charge in [0.15, 0.2) is 5.96 Å². The van der Waals surface area contributed by atoms with Crippen molar-refractivity contribution in [3.05, 3.63) is 0 Å². The molecule has 1 aliphatic carbocycles. The van der Waals surface area contributed by atoms with Gasteiger partial charge in [-0.15, -0.1) is 24.0 Å². The fraction of sp³-hybridized carbons (Fsp3) is 0.941. The Labute approximate surface area is 176 Å². The van der Waals surface area contributed by atoms with Gasteiger partial charge in [0.05, 0.1) is 12.3 Å². The summed E-state index contributed by atoms with van der Waals surface area (Å²) < 4.78 is 26.8. The van der Waals surface area contributed by atoms with Gasteiger partial charge in [-0.2, -0.15) is 0 Å². The van der Waals surface area contributed by atoms with Gasteiger partial charge in [0.1, 0.15) is 0 Å². The number of aliphatic imine (C=N–C) groups is 1. The Morgan fingerprint density at radius 2 is 1.92 bits per heavy atom. The lowest BCUT2D eigenvalue weighted by molar-refractivity contribution is 0.273. The van der Waals surface area contributed by atoms with Crippen molar-refractivity contribution in [1.82, 2.24) is 20.3 Å². The highest BCUT2D eigenvalue weighted by Gasteiger charge is 2.22. The second-order valence-corrected chi connectivity index (χ2v) is 8.96. The Balaban J connectivity index is 0.00000338. The topological polar surface area (TPSA) is 85.8 Å². The van der Waals surface area contributed by atoms with Crippen molar-refractivity contribution in [3.63, 3.8) is 0 Å². The van der Waals surface area contributed by atoms with Crippen LogP contribution in [0.3, 0.4) is 0 Å². The van der Waals surface area contributed by atoms with Gasteiger partial charge in [-0.3, -0.25) is 9.89 Å². The summed E-state index contributed by atoms with van der Waals surface area (Å²) in [6, 6.07) is 0.508. The number of nitrogens with one attached hydrogen (secondary N) is 3. The summed E-state index contributed by atoms with van der Waals surface area (Å²) in [7, 11) is -3.21. The molecule has 0 aromatic heterocycles. The molecule has 1 saturated heterocycles. The molecule has 0 radical (unpaired) electrons. The average Bonchev–Trinajstić information content (AvgIpc) is 2.98. The van der Waals surface area contributed by atoms with Crippen molar-refractivity contribution in [2.45, 2.75) is 52.0 Å². The molecule has 1 atom stereocenters. The summed E-state index contributed by atoms with van der Waals surface area (Å²) in [4.78, 5) is 7.11. The van der Waals surface area contributed by atoms with Crippen molar-refractivity contribution in [2.24, 2.45) is 10.9 Å². The van der Waals surface area contributed by atoms with E-state index in [0.717, 1.165) is 39.0 Å². The van der Waals surface area contributed by atoms with Crippen LogP contribution in [0.5, 0.6) is 0 Å². The normalized spacial score (nSPS) is 21.9. The van der Waals surface area contributed by atoms with Gasteiger partial charge in [0.2, 0.25) is 10.0 Å². The van der Waals surface area contributed by atoms with Crippen LogP contribution in [0, 0.1) is 5.92 Å². The highest BCUT2D eigenvalue weighted by Crippen LogP contribution is 2.25. The molecule has 0 bridgehead atoms. The highest BCUT2D eigenvalue weighted by atomic mass is 127. The van der Waals surface area contributed by atoms with E-state index in [1.54, 1.807) is 0 Å².